The number of anilines is 1. The van der Waals surface area contributed by atoms with Gasteiger partial charge in [-0.2, -0.15) is 5.10 Å². The van der Waals surface area contributed by atoms with Crippen LogP contribution in [0.2, 0.25) is 0 Å². The largest absolute Gasteiger partial charge is 0.493 e. The number of benzene rings is 1. The van der Waals surface area contributed by atoms with Crippen molar-refractivity contribution in [2.45, 2.75) is 13.3 Å². The van der Waals surface area contributed by atoms with Crippen molar-refractivity contribution in [3.05, 3.63) is 29.3 Å². The third kappa shape index (κ3) is 1.48. The second-order valence-electron chi connectivity index (χ2n) is 4.41. The highest BCUT2D eigenvalue weighted by Gasteiger charge is 2.20. The number of rotatable bonds is 1. The molecule has 0 amide bonds. The molecule has 1 aliphatic rings. The molecule has 4 heteroatoms. The summed E-state index contributed by atoms with van der Waals surface area (Å²) in [6, 6.07) is 6.03. The third-order valence-electron chi connectivity index (χ3n) is 3.26. The standard InChI is InChI=1S/C13H15N3O/c1-8-3-4-11-9(5-6-17-11)13(8)10-7-12(14)16(2)15-10/h3-4,7H,5-6,14H2,1-2H3. The number of hydrogen-bond acceptors (Lipinski definition) is 3. The zero-order valence-electron chi connectivity index (χ0n) is 10.0. The normalized spacial score (nSPS) is 13.5. The summed E-state index contributed by atoms with van der Waals surface area (Å²) in [5.74, 6) is 1.66. The maximum absolute atomic E-state index is 5.84. The van der Waals surface area contributed by atoms with Gasteiger partial charge in [-0.3, -0.25) is 4.68 Å². The van der Waals surface area contributed by atoms with E-state index in [2.05, 4.69) is 18.1 Å². The van der Waals surface area contributed by atoms with Gasteiger partial charge in [-0.1, -0.05) is 6.07 Å². The lowest BCUT2D eigenvalue weighted by Crippen LogP contribution is -1.97. The molecule has 2 aromatic rings. The SMILES string of the molecule is Cc1ccc2c(c1-c1cc(N)n(C)n1)CCO2. The first kappa shape index (κ1) is 10.2. The number of fused-ring (bicyclic) bond motifs is 1. The fraction of sp³-hybridized carbons (Fsp3) is 0.308. The van der Waals surface area contributed by atoms with Crippen molar-refractivity contribution >= 4 is 5.82 Å². The average Bonchev–Trinajstić information content (AvgIpc) is 2.86. The second-order valence-corrected chi connectivity index (χ2v) is 4.41. The summed E-state index contributed by atoms with van der Waals surface area (Å²) < 4.78 is 7.29. The van der Waals surface area contributed by atoms with Gasteiger partial charge < -0.3 is 10.5 Å². The van der Waals surface area contributed by atoms with Crippen molar-refractivity contribution in [1.82, 2.24) is 9.78 Å². The van der Waals surface area contributed by atoms with Crippen molar-refractivity contribution in [1.29, 1.82) is 0 Å². The van der Waals surface area contributed by atoms with E-state index < -0.39 is 0 Å². The van der Waals surface area contributed by atoms with Gasteiger partial charge in [0.15, 0.2) is 0 Å². The summed E-state index contributed by atoms with van der Waals surface area (Å²) in [6.45, 7) is 2.85. The molecular weight excluding hydrogens is 214 g/mol. The summed E-state index contributed by atoms with van der Waals surface area (Å²) >= 11 is 0. The predicted octanol–water partition coefficient (Wildman–Crippen LogP) is 1.91. The topological polar surface area (TPSA) is 53.1 Å². The fourth-order valence-electron chi connectivity index (χ4n) is 2.35. The molecule has 88 valence electrons. The quantitative estimate of drug-likeness (QED) is 0.812. The van der Waals surface area contributed by atoms with Crippen LogP contribution in [0.25, 0.3) is 11.3 Å². The highest BCUT2D eigenvalue weighted by atomic mass is 16.5. The van der Waals surface area contributed by atoms with Gasteiger partial charge in [0.05, 0.1) is 12.3 Å². The Morgan fingerprint density at radius 1 is 1.41 bits per heavy atom. The first-order valence-electron chi connectivity index (χ1n) is 5.72. The fourth-order valence-corrected chi connectivity index (χ4v) is 2.35. The molecule has 0 unspecified atom stereocenters. The van der Waals surface area contributed by atoms with Crippen molar-refractivity contribution in [2.24, 2.45) is 7.05 Å². The van der Waals surface area contributed by atoms with Crippen LogP contribution >= 0.6 is 0 Å². The average molecular weight is 229 g/mol. The van der Waals surface area contributed by atoms with Gasteiger partial charge in [0.2, 0.25) is 0 Å². The Morgan fingerprint density at radius 2 is 2.24 bits per heavy atom. The predicted molar refractivity (Wildman–Crippen MR) is 67.0 cm³/mol. The van der Waals surface area contributed by atoms with E-state index in [0.29, 0.717) is 5.82 Å². The van der Waals surface area contributed by atoms with Crippen LogP contribution in [-0.4, -0.2) is 16.4 Å². The summed E-state index contributed by atoms with van der Waals surface area (Å²) in [5, 5.41) is 4.45. The maximum atomic E-state index is 5.84. The Bertz CT molecular complexity index is 567. The molecule has 0 aliphatic carbocycles. The highest BCUT2D eigenvalue weighted by molar-refractivity contribution is 5.73. The molecule has 0 bridgehead atoms. The van der Waals surface area contributed by atoms with Crippen LogP contribution in [0.4, 0.5) is 5.82 Å². The number of ether oxygens (including phenoxy) is 1. The number of aromatic nitrogens is 2. The van der Waals surface area contributed by atoms with Crippen LogP contribution in [0.1, 0.15) is 11.1 Å². The van der Waals surface area contributed by atoms with Gasteiger partial charge in [0.1, 0.15) is 11.6 Å². The van der Waals surface area contributed by atoms with Crippen LogP contribution < -0.4 is 10.5 Å². The van der Waals surface area contributed by atoms with E-state index in [1.807, 2.05) is 19.2 Å². The van der Waals surface area contributed by atoms with E-state index in [9.17, 15) is 0 Å². The minimum Gasteiger partial charge on any atom is -0.493 e. The van der Waals surface area contributed by atoms with Crippen LogP contribution in [0.15, 0.2) is 18.2 Å². The van der Waals surface area contributed by atoms with Gasteiger partial charge in [-0.05, 0) is 18.6 Å². The molecule has 17 heavy (non-hydrogen) atoms. The molecule has 4 nitrogen and oxygen atoms in total. The lowest BCUT2D eigenvalue weighted by atomic mass is 9.97. The van der Waals surface area contributed by atoms with E-state index in [4.69, 9.17) is 10.5 Å². The summed E-state index contributed by atoms with van der Waals surface area (Å²) in [6.07, 6.45) is 0.947. The Balaban J connectivity index is 2.23. The van der Waals surface area contributed by atoms with E-state index in [0.717, 1.165) is 24.5 Å². The molecule has 0 spiro atoms. The highest BCUT2D eigenvalue weighted by Crippen LogP contribution is 2.36. The molecule has 3 rings (SSSR count). The molecule has 0 atom stereocenters. The summed E-state index contributed by atoms with van der Waals surface area (Å²) in [4.78, 5) is 0. The minimum atomic E-state index is 0.677. The van der Waals surface area contributed by atoms with Gasteiger partial charge in [-0.25, -0.2) is 0 Å². The molecule has 2 heterocycles. The first-order valence-corrected chi connectivity index (χ1v) is 5.72. The second kappa shape index (κ2) is 3.52. The van der Waals surface area contributed by atoms with Gasteiger partial charge in [0.25, 0.3) is 0 Å². The number of nitrogens with two attached hydrogens (primary N) is 1. The molecule has 2 N–H and O–H groups in total. The lowest BCUT2D eigenvalue weighted by Gasteiger charge is -2.08. The Morgan fingerprint density at radius 3 is 2.94 bits per heavy atom. The molecule has 1 aromatic carbocycles. The molecule has 1 aliphatic heterocycles. The van der Waals surface area contributed by atoms with Gasteiger partial charge in [-0.15, -0.1) is 0 Å². The van der Waals surface area contributed by atoms with Crippen LogP contribution in [-0.2, 0) is 13.5 Å². The summed E-state index contributed by atoms with van der Waals surface area (Å²) in [7, 11) is 1.85. The Kier molecular flexibility index (Phi) is 2.11. The van der Waals surface area contributed by atoms with Crippen molar-refractivity contribution in [2.75, 3.05) is 12.3 Å². The molecule has 0 radical (unpaired) electrons. The monoisotopic (exact) mass is 229 g/mol. The van der Waals surface area contributed by atoms with Gasteiger partial charge in [0, 0.05) is 30.7 Å². The molecule has 0 fully saturated rings. The van der Waals surface area contributed by atoms with Crippen LogP contribution in [0.3, 0.4) is 0 Å². The van der Waals surface area contributed by atoms with Crippen LogP contribution in [0, 0.1) is 6.92 Å². The number of hydrogen-bond donors (Lipinski definition) is 1. The Hall–Kier alpha value is -1.97. The summed E-state index contributed by atoms with van der Waals surface area (Å²) in [5.41, 5.74) is 10.4. The number of aryl methyl sites for hydroxylation is 2. The van der Waals surface area contributed by atoms with E-state index >= 15 is 0 Å². The zero-order valence-corrected chi connectivity index (χ0v) is 10.0. The number of nitrogen functional groups attached to an aromatic ring is 1. The van der Waals surface area contributed by atoms with Crippen LogP contribution in [0.5, 0.6) is 5.75 Å². The van der Waals surface area contributed by atoms with Crippen molar-refractivity contribution < 1.29 is 4.74 Å². The van der Waals surface area contributed by atoms with Gasteiger partial charge >= 0.3 is 0 Å². The van der Waals surface area contributed by atoms with E-state index in [1.54, 1.807) is 4.68 Å². The molecule has 0 saturated carbocycles. The zero-order chi connectivity index (χ0) is 12.0. The molecule has 0 saturated heterocycles. The van der Waals surface area contributed by atoms with E-state index in [1.165, 1.54) is 16.7 Å². The smallest absolute Gasteiger partial charge is 0.123 e. The maximum Gasteiger partial charge on any atom is 0.123 e. The third-order valence-corrected chi connectivity index (χ3v) is 3.26. The van der Waals surface area contributed by atoms with Crippen molar-refractivity contribution in [3.8, 4) is 17.0 Å². The lowest BCUT2D eigenvalue weighted by molar-refractivity contribution is 0.357. The first-order chi connectivity index (χ1) is 8.16. The minimum absolute atomic E-state index is 0.677. The Labute approximate surface area is 100 Å². The number of nitrogens with zero attached hydrogens (tertiary/aromatic N) is 2. The molecule has 1 aromatic heterocycles. The van der Waals surface area contributed by atoms with E-state index in [-0.39, 0.29) is 0 Å². The van der Waals surface area contributed by atoms with Crippen molar-refractivity contribution in [3.63, 3.8) is 0 Å². The molecular formula is C13H15N3O.